The standard InChI is InChI=1S/C14H19N3O8/c1-24-10(20)3-2-9(19)15-8-4-5-17(14(23)16-8)13-12(22)11(21)7(6-18)25-13/h4-5,7,11-13,18,21-22H,2-3,6H2,1H3,(H,15,16,19,23)/t7-,11-,12+,13-/m1/s1. The second kappa shape index (κ2) is 8.16. The van der Waals surface area contributed by atoms with Crippen LogP contribution in [0, 0.1) is 0 Å². The first-order chi connectivity index (χ1) is 11.9. The molecule has 1 aliphatic rings. The maximum atomic E-state index is 12.1. The number of nitrogens with zero attached hydrogens (tertiary/aromatic N) is 2. The molecule has 4 atom stereocenters. The molecule has 11 nitrogen and oxygen atoms in total. The number of ether oxygens (including phenoxy) is 2. The van der Waals surface area contributed by atoms with Gasteiger partial charge in [0.25, 0.3) is 0 Å². The first kappa shape index (κ1) is 19.0. The number of carbonyl (C=O) groups excluding carboxylic acids is 2. The highest BCUT2D eigenvalue weighted by atomic mass is 16.6. The Bertz CT molecular complexity index is 691. The van der Waals surface area contributed by atoms with Crippen molar-refractivity contribution in [1.82, 2.24) is 9.55 Å². The molecule has 1 aromatic rings. The molecule has 0 unspecified atom stereocenters. The Balaban J connectivity index is 2.05. The van der Waals surface area contributed by atoms with Crippen LogP contribution in [0.3, 0.4) is 0 Å². The minimum atomic E-state index is -1.42. The van der Waals surface area contributed by atoms with E-state index < -0.39 is 48.7 Å². The van der Waals surface area contributed by atoms with Gasteiger partial charge in [-0.2, -0.15) is 4.98 Å². The van der Waals surface area contributed by atoms with Crippen molar-refractivity contribution in [2.75, 3.05) is 19.0 Å². The summed E-state index contributed by atoms with van der Waals surface area (Å²) in [6.07, 6.45) is -4.02. The van der Waals surface area contributed by atoms with E-state index in [9.17, 15) is 24.6 Å². The molecule has 0 spiro atoms. The molecule has 4 N–H and O–H groups in total. The molecule has 0 saturated carbocycles. The third-order valence-electron chi connectivity index (χ3n) is 3.67. The number of nitrogens with one attached hydrogen (secondary N) is 1. The van der Waals surface area contributed by atoms with Crippen LogP contribution < -0.4 is 11.0 Å². The molecule has 25 heavy (non-hydrogen) atoms. The van der Waals surface area contributed by atoms with E-state index in [0.29, 0.717) is 0 Å². The van der Waals surface area contributed by atoms with Gasteiger partial charge in [0.05, 0.1) is 20.1 Å². The lowest BCUT2D eigenvalue weighted by Crippen LogP contribution is -2.36. The summed E-state index contributed by atoms with van der Waals surface area (Å²) >= 11 is 0. The van der Waals surface area contributed by atoms with Gasteiger partial charge in [0, 0.05) is 12.6 Å². The first-order valence-corrected chi connectivity index (χ1v) is 7.45. The molecular formula is C14H19N3O8. The van der Waals surface area contributed by atoms with Crippen LogP contribution in [0.15, 0.2) is 17.1 Å². The molecule has 11 heteroatoms. The number of amides is 1. The Morgan fingerprint density at radius 1 is 1.36 bits per heavy atom. The number of hydrogen-bond donors (Lipinski definition) is 4. The van der Waals surface area contributed by atoms with E-state index in [-0.39, 0.29) is 18.7 Å². The summed E-state index contributed by atoms with van der Waals surface area (Å²) in [5.41, 5.74) is -0.833. The Morgan fingerprint density at radius 2 is 2.08 bits per heavy atom. The van der Waals surface area contributed by atoms with E-state index in [0.717, 1.165) is 4.57 Å². The normalized spacial score (nSPS) is 25.6. The fraction of sp³-hybridized carbons (Fsp3) is 0.571. The van der Waals surface area contributed by atoms with Gasteiger partial charge in [0.1, 0.15) is 24.1 Å². The summed E-state index contributed by atoms with van der Waals surface area (Å²) in [6.45, 7) is -0.523. The third kappa shape index (κ3) is 4.39. The maximum Gasteiger partial charge on any atom is 0.351 e. The average Bonchev–Trinajstić information content (AvgIpc) is 2.88. The number of rotatable bonds is 6. The molecule has 0 bridgehead atoms. The van der Waals surface area contributed by atoms with Crippen LogP contribution in [-0.2, 0) is 19.1 Å². The van der Waals surface area contributed by atoms with Crippen molar-refractivity contribution < 1.29 is 34.4 Å². The number of esters is 1. The van der Waals surface area contributed by atoms with Gasteiger partial charge in [-0.25, -0.2) is 4.79 Å². The molecule has 2 rings (SSSR count). The van der Waals surface area contributed by atoms with Gasteiger partial charge in [-0.05, 0) is 6.07 Å². The highest BCUT2D eigenvalue weighted by Gasteiger charge is 2.43. The van der Waals surface area contributed by atoms with Crippen LogP contribution in [-0.4, -0.2) is 68.8 Å². The van der Waals surface area contributed by atoms with Crippen LogP contribution in [0.25, 0.3) is 0 Å². The van der Waals surface area contributed by atoms with Gasteiger partial charge >= 0.3 is 11.7 Å². The number of aliphatic hydroxyl groups is 3. The van der Waals surface area contributed by atoms with E-state index in [1.165, 1.54) is 19.4 Å². The van der Waals surface area contributed by atoms with E-state index >= 15 is 0 Å². The maximum absolute atomic E-state index is 12.1. The summed E-state index contributed by atoms with van der Waals surface area (Å²) < 4.78 is 10.6. The number of aromatic nitrogens is 2. The molecule has 1 amide bonds. The molecule has 1 fully saturated rings. The number of aliphatic hydroxyl groups excluding tert-OH is 3. The number of anilines is 1. The molecule has 0 aliphatic carbocycles. The molecule has 2 heterocycles. The molecular weight excluding hydrogens is 338 g/mol. The molecule has 0 aromatic carbocycles. The predicted octanol–water partition coefficient (Wildman–Crippen LogP) is -2.25. The SMILES string of the molecule is COC(=O)CCC(=O)Nc1ccn([C@@H]2O[C@H](CO)[C@@H](O)[C@@H]2O)c(=O)n1. The number of hydrogen-bond acceptors (Lipinski definition) is 9. The smallest absolute Gasteiger partial charge is 0.351 e. The van der Waals surface area contributed by atoms with Crippen molar-refractivity contribution in [2.45, 2.75) is 37.4 Å². The van der Waals surface area contributed by atoms with E-state index in [4.69, 9.17) is 9.84 Å². The van der Waals surface area contributed by atoms with E-state index in [1.54, 1.807) is 0 Å². The molecule has 138 valence electrons. The summed E-state index contributed by atoms with van der Waals surface area (Å²) in [5.74, 6) is -1.10. The van der Waals surface area contributed by atoms with Crippen molar-refractivity contribution >= 4 is 17.7 Å². The second-order valence-corrected chi connectivity index (χ2v) is 5.36. The quantitative estimate of drug-likeness (QED) is 0.412. The third-order valence-corrected chi connectivity index (χ3v) is 3.67. The number of carbonyl (C=O) groups is 2. The lowest BCUT2D eigenvalue weighted by molar-refractivity contribution is -0.141. The first-order valence-electron chi connectivity index (χ1n) is 7.45. The summed E-state index contributed by atoms with van der Waals surface area (Å²) in [7, 11) is 1.21. The topological polar surface area (TPSA) is 160 Å². The van der Waals surface area contributed by atoms with Gasteiger partial charge in [-0.15, -0.1) is 0 Å². The minimum Gasteiger partial charge on any atom is -0.469 e. The van der Waals surface area contributed by atoms with E-state index in [1.807, 2.05) is 0 Å². The van der Waals surface area contributed by atoms with Gasteiger partial charge in [-0.3, -0.25) is 14.2 Å². The van der Waals surface area contributed by atoms with Crippen molar-refractivity contribution in [3.63, 3.8) is 0 Å². The van der Waals surface area contributed by atoms with Gasteiger partial charge < -0.3 is 30.1 Å². The zero-order chi connectivity index (χ0) is 18.6. The van der Waals surface area contributed by atoms with Crippen molar-refractivity contribution in [3.05, 3.63) is 22.7 Å². The van der Waals surface area contributed by atoms with Gasteiger partial charge in [0.15, 0.2) is 6.23 Å². The number of methoxy groups -OCH3 is 1. The second-order valence-electron chi connectivity index (χ2n) is 5.36. The highest BCUT2D eigenvalue weighted by Crippen LogP contribution is 2.28. The van der Waals surface area contributed by atoms with Crippen LogP contribution in [0.5, 0.6) is 0 Å². The van der Waals surface area contributed by atoms with Crippen LogP contribution in [0.2, 0.25) is 0 Å². The van der Waals surface area contributed by atoms with Crippen molar-refractivity contribution in [3.8, 4) is 0 Å². The summed E-state index contributed by atoms with van der Waals surface area (Å²) in [5, 5.41) is 31.0. The van der Waals surface area contributed by atoms with Crippen LogP contribution >= 0.6 is 0 Å². The molecule has 0 radical (unpaired) electrons. The van der Waals surface area contributed by atoms with Crippen molar-refractivity contribution in [1.29, 1.82) is 0 Å². The van der Waals surface area contributed by atoms with Crippen molar-refractivity contribution in [2.24, 2.45) is 0 Å². The zero-order valence-electron chi connectivity index (χ0n) is 13.4. The molecule has 1 aromatic heterocycles. The molecule has 1 saturated heterocycles. The van der Waals surface area contributed by atoms with E-state index in [2.05, 4.69) is 15.0 Å². The lowest BCUT2D eigenvalue weighted by Gasteiger charge is -2.17. The fourth-order valence-corrected chi connectivity index (χ4v) is 2.31. The Kier molecular flexibility index (Phi) is 6.20. The Hall–Kier alpha value is -2.34. The zero-order valence-corrected chi connectivity index (χ0v) is 13.4. The van der Waals surface area contributed by atoms with Gasteiger partial charge in [-0.1, -0.05) is 0 Å². The molecule has 1 aliphatic heterocycles. The lowest BCUT2D eigenvalue weighted by atomic mass is 10.1. The van der Waals surface area contributed by atoms with Gasteiger partial charge in [0.2, 0.25) is 5.91 Å². The monoisotopic (exact) mass is 357 g/mol. The largest absolute Gasteiger partial charge is 0.469 e. The Morgan fingerprint density at radius 3 is 2.64 bits per heavy atom. The predicted molar refractivity (Wildman–Crippen MR) is 81.4 cm³/mol. The minimum absolute atomic E-state index is 0.0390. The summed E-state index contributed by atoms with van der Waals surface area (Å²) in [4.78, 5) is 38.3. The highest BCUT2D eigenvalue weighted by molar-refractivity contribution is 5.91. The fourth-order valence-electron chi connectivity index (χ4n) is 2.31. The van der Waals surface area contributed by atoms with Crippen LogP contribution in [0.1, 0.15) is 19.1 Å². The average molecular weight is 357 g/mol. The van der Waals surface area contributed by atoms with Crippen LogP contribution in [0.4, 0.5) is 5.82 Å². The summed E-state index contributed by atoms with van der Waals surface area (Å²) in [6, 6.07) is 1.30. The Labute approximate surface area is 141 Å².